The van der Waals surface area contributed by atoms with E-state index in [0.717, 1.165) is 53.6 Å². The van der Waals surface area contributed by atoms with Crippen molar-refractivity contribution in [3.8, 4) is 11.4 Å². The van der Waals surface area contributed by atoms with E-state index in [0.29, 0.717) is 5.75 Å². The summed E-state index contributed by atoms with van der Waals surface area (Å²) in [4.78, 5) is 14.9. The molecule has 1 fully saturated rings. The number of amides is 1. The van der Waals surface area contributed by atoms with Crippen LogP contribution in [-0.4, -0.2) is 37.9 Å². The van der Waals surface area contributed by atoms with Gasteiger partial charge in [0.2, 0.25) is 5.91 Å². The number of aromatic nitrogens is 3. The average Bonchev–Trinajstić information content (AvgIpc) is 3.40. The van der Waals surface area contributed by atoms with Crippen molar-refractivity contribution in [1.82, 2.24) is 19.7 Å². The third-order valence-corrected chi connectivity index (χ3v) is 6.52. The molecule has 156 valence electrons. The van der Waals surface area contributed by atoms with Crippen molar-refractivity contribution in [2.45, 2.75) is 44.4 Å². The normalized spacial score (nSPS) is 16.2. The zero-order chi connectivity index (χ0) is 21.1. The molecule has 1 atom stereocenters. The minimum atomic E-state index is -0.256. The molecular formula is C23H25FN4OS. The van der Waals surface area contributed by atoms with Gasteiger partial charge >= 0.3 is 0 Å². The van der Waals surface area contributed by atoms with E-state index in [2.05, 4.69) is 34.7 Å². The summed E-state index contributed by atoms with van der Waals surface area (Å²) in [5.74, 6) is 0.961. The summed E-state index contributed by atoms with van der Waals surface area (Å²) in [5.41, 5.74) is 3.19. The van der Waals surface area contributed by atoms with E-state index in [1.54, 1.807) is 12.1 Å². The first kappa shape index (κ1) is 20.6. The van der Waals surface area contributed by atoms with Crippen LogP contribution in [0.1, 0.15) is 36.9 Å². The second-order valence-corrected chi connectivity index (χ2v) is 8.39. The maximum atomic E-state index is 13.3. The van der Waals surface area contributed by atoms with Gasteiger partial charge in [0.05, 0.1) is 11.8 Å². The molecule has 7 heteroatoms. The molecule has 0 N–H and O–H groups in total. The van der Waals surface area contributed by atoms with E-state index >= 15 is 0 Å². The summed E-state index contributed by atoms with van der Waals surface area (Å²) in [6, 6.07) is 14.6. The first-order valence-electron chi connectivity index (χ1n) is 10.3. The number of carbonyl (C=O) groups is 1. The van der Waals surface area contributed by atoms with Crippen LogP contribution in [0.3, 0.4) is 0 Å². The van der Waals surface area contributed by atoms with Crippen LogP contribution < -0.4 is 0 Å². The Morgan fingerprint density at radius 3 is 2.67 bits per heavy atom. The zero-order valence-electron chi connectivity index (χ0n) is 17.2. The number of carbonyl (C=O) groups excluding carboxylic acids is 1. The minimum absolute atomic E-state index is 0.0188. The largest absolute Gasteiger partial charge is 0.335 e. The Balaban J connectivity index is 1.47. The lowest BCUT2D eigenvalue weighted by Gasteiger charge is -2.25. The number of likely N-dealkylation sites (tertiary alicyclic amines) is 1. The number of benzene rings is 2. The van der Waals surface area contributed by atoms with Crippen molar-refractivity contribution in [1.29, 1.82) is 0 Å². The van der Waals surface area contributed by atoms with Gasteiger partial charge in [-0.15, -0.1) is 10.2 Å². The molecule has 1 unspecified atom stereocenters. The lowest BCUT2D eigenvalue weighted by molar-refractivity contribution is -0.129. The Morgan fingerprint density at radius 1 is 1.17 bits per heavy atom. The van der Waals surface area contributed by atoms with E-state index < -0.39 is 0 Å². The summed E-state index contributed by atoms with van der Waals surface area (Å²) in [6.45, 7) is 5.58. The SMILES string of the molecule is CCn1c(SCC(=O)N2CCCC2c2ccc(F)cc2)nnc1-c1ccccc1C. The van der Waals surface area contributed by atoms with Gasteiger partial charge in [0, 0.05) is 18.7 Å². The molecule has 2 heterocycles. The molecule has 1 saturated heterocycles. The predicted octanol–water partition coefficient (Wildman–Crippen LogP) is 4.87. The van der Waals surface area contributed by atoms with Crippen molar-refractivity contribution in [3.05, 3.63) is 65.5 Å². The van der Waals surface area contributed by atoms with Crippen LogP contribution in [0.2, 0.25) is 0 Å². The van der Waals surface area contributed by atoms with Crippen LogP contribution >= 0.6 is 11.8 Å². The Hall–Kier alpha value is -2.67. The predicted molar refractivity (Wildman–Crippen MR) is 117 cm³/mol. The highest BCUT2D eigenvalue weighted by atomic mass is 32.2. The molecule has 0 aliphatic carbocycles. The fraction of sp³-hybridized carbons (Fsp3) is 0.348. The summed E-state index contributed by atoms with van der Waals surface area (Å²) in [5, 5.41) is 9.50. The highest BCUT2D eigenvalue weighted by molar-refractivity contribution is 7.99. The number of hydrogen-bond acceptors (Lipinski definition) is 4. The van der Waals surface area contributed by atoms with Crippen molar-refractivity contribution in [2.24, 2.45) is 0 Å². The number of nitrogens with zero attached hydrogens (tertiary/aromatic N) is 4. The molecule has 1 aromatic heterocycles. The van der Waals surface area contributed by atoms with Gasteiger partial charge < -0.3 is 9.47 Å². The van der Waals surface area contributed by atoms with E-state index in [9.17, 15) is 9.18 Å². The highest BCUT2D eigenvalue weighted by Crippen LogP contribution is 2.33. The van der Waals surface area contributed by atoms with Crippen molar-refractivity contribution < 1.29 is 9.18 Å². The molecule has 0 spiro atoms. The second kappa shape index (κ2) is 9.00. The van der Waals surface area contributed by atoms with Gasteiger partial charge in [0.1, 0.15) is 5.82 Å². The molecule has 3 aromatic rings. The van der Waals surface area contributed by atoms with Crippen LogP contribution in [0, 0.1) is 12.7 Å². The van der Waals surface area contributed by atoms with Gasteiger partial charge in [-0.25, -0.2) is 4.39 Å². The molecular weight excluding hydrogens is 399 g/mol. The number of thioether (sulfide) groups is 1. The summed E-state index contributed by atoms with van der Waals surface area (Å²) < 4.78 is 15.3. The number of halogens is 1. The maximum absolute atomic E-state index is 13.3. The van der Waals surface area contributed by atoms with Gasteiger partial charge in [-0.1, -0.05) is 48.2 Å². The Morgan fingerprint density at radius 2 is 1.93 bits per heavy atom. The van der Waals surface area contributed by atoms with Crippen molar-refractivity contribution in [2.75, 3.05) is 12.3 Å². The second-order valence-electron chi connectivity index (χ2n) is 7.45. The Labute approximate surface area is 180 Å². The van der Waals surface area contributed by atoms with Gasteiger partial charge in [-0.3, -0.25) is 4.79 Å². The van der Waals surface area contributed by atoms with Gasteiger partial charge in [0.15, 0.2) is 11.0 Å². The lowest BCUT2D eigenvalue weighted by atomic mass is 10.0. The highest BCUT2D eigenvalue weighted by Gasteiger charge is 2.30. The molecule has 1 aliphatic rings. The Bertz CT molecular complexity index is 1030. The van der Waals surface area contributed by atoms with Crippen molar-refractivity contribution >= 4 is 17.7 Å². The molecule has 4 rings (SSSR count). The first-order valence-corrected chi connectivity index (χ1v) is 11.2. The smallest absolute Gasteiger partial charge is 0.233 e. The molecule has 5 nitrogen and oxygen atoms in total. The van der Waals surface area contributed by atoms with Crippen molar-refractivity contribution in [3.63, 3.8) is 0 Å². The molecule has 30 heavy (non-hydrogen) atoms. The fourth-order valence-electron chi connectivity index (χ4n) is 4.01. The first-order chi connectivity index (χ1) is 14.6. The third-order valence-electron chi connectivity index (χ3n) is 5.57. The quantitative estimate of drug-likeness (QED) is 0.530. The van der Waals surface area contributed by atoms with Gasteiger partial charge in [-0.2, -0.15) is 0 Å². The number of aryl methyl sites for hydroxylation is 1. The van der Waals surface area contributed by atoms with Crippen LogP contribution in [-0.2, 0) is 11.3 Å². The van der Waals surface area contributed by atoms with Crippen LogP contribution in [0.25, 0.3) is 11.4 Å². The number of rotatable bonds is 6. The topological polar surface area (TPSA) is 51.0 Å². The summed E-state index contributed by atoms with van der Waals surface area (Å²) in [7, 11) is 0. The zero-order valence-corrected chi connectivity index (χ0v) is 18.0. The molecule has 0 bridgehead atoms. The molecule has 2 aromatic carbocycles. The van der Waals surface area contributed by atoms with Crippen LogP contribution in [0.5, 0.6) is 0 Å². The standard InChI is InChI=1S/C23H25FN4OS/c1-3-27-22(19-8-5-4-7-16(19)2)25-26-23(27)30-15-21(29)28-14-6-9-20(28)17-10-12-18(24)13-11-17/h4-5,7-8,10-13,20H,3,6,9,14-15H2,1-2H3. The fourth-order valence-corrected chi connectivity index (χ4v) is 4.90. The van der Waals surface area contributed by atoms with Crippen LogP contribution in [0.4, 0.5) is 4.39 Å². The average molecular weight is 425 g/mol. The van der Waals surface area contributed by atoms with E-state index in [1.165, 1.54) is 23.9 Å². The summed E-state index contributed by atoms with van der Waals surface area (Å²) >= 11 is 1.43. The summed E-state index contributed by atoms with van der Waals surface area (Å²) in [6.07, 6.45) is 1.87. The minimum Gasteiger partial charge on any atom is -0.335 e. The van der Waals surface area contributed by atoms with E-state index in [-0.39, 0.29) is 17.8 Å². The molecule has 0 radical (unpaired) electrons. The molecule has 1 aliphatic heterocycles. The lowest BCUT2D eigenvalue weighted by Crippen LogP contribution is -2.32. The van der Waals surface area contributed by atoms with E-state index in [4.69, 9.17) is 0 Å². The van der Waals surface area contributed by atoms with Gasteiger partial charge in [-0.05, 0) is 49.9 Å². The monoisotopic (exact) mass is 424 g/mol. The van der Waals surface area contributed by atoms with Crippen LogP contribution in [0.15, 0.2) is 53.7 Å². The molecule has 0 saturated carbocycles. The maximum Gasteiger partial charge on any atom is 0.233 e. The number of hydrogen-bond donors (Lipinski definition) is 0. The molecule has 1 amide bonds. The van der Waals surface area contributed by atoms with E-state index in [1.807, 2.05) is 23.1 Å². The third kappa shape index (κ3) is 4.12. The van der Waals surface area contributed by atoms with Gasteiger partial charge in [0.25, 0.3) is 0 Å². The Kier molecular flexibility index (Phi) is 6.18.